The van der Waals surface area contributed by atoms with Crippen molar-refractivity contribution in [3.05, 3.63) is 29.3 Å². The van der Waals surface area contributed by atoms with Crippen molar-refractivity contribution in [2.45, 2.75) is 97.3 Å². The van der Waals surface area contributed by atoms with Gasteiger partial charge in [0.25, 0.3) is 0 Å². The van der Waals surface area contributed by atoms with Crippen molar-refractivity contribution in [1.29, 1.82) is 0 Å². The maximum atomic E-state index is 9.92. The number of hydrogen-bond acceptors (Lipinski definition) is 3. The van der Waals surface area contributed by atoms with Gasteiger partial charge in [0, 0.05) is 0 Å². The molecule has 0 radical (unpaired) electrons. The highest BCUT2D eigenvalue weighted by Gasteiger charge is 2.40. The van der Waals surface area contributed by atoms with E-state index in [0.29, 0.717) is 6.42 Å². The fourth-order valence-electron chi connectivity index (χ4n) is 2.45. The van der Waals surface area contributed by atoms with Gasteiger partial charge in [0.1, 0.15) is 5.75 Å². The van der Waals surface area contributed by atoms with E-state index in [2.05, 4.69) is 92.9 Å². The molecule has 1 N–H and O–H groups in total. The SMILES string of the molecule is Cc1cc(C[C@H](CO)O[Si](C)(C)C(C)(C)C)cc(O[Si](C)(C)C(C)(C)C)c1. The average Bonchev–Trinajstić information content (AvgIpc) is 2.42. The topological polar surface area (TPSA) is 38.7 Å². The maximum absolute atomic E-state index is 9.92. The first kappa shape index (κ1) is 24.4. The molecule has 0 unspecified atom stereocenters. The third-order valence-electron chi connectivity index (χ3n) is 6.22. The summed E-state index contributed by atoms with van der Waals surface area (Å²) in [6.45, 7) is 24.6. The Morgan fingerprint density at radius 1 is 0.889 bits per heavy atom. The van der Waals surface area contributed by atoms with Crippen LogP contribution in [0.1, 0.15) is 52.7 Å². The van der Waals surface area contributed by atoms with Crippen LogP contribution >= 0.6 is 0 Å². The fourth-order valence-corrected chi connectivity index (χ4v) is 4.81. The molecule has 0 heterocycles. The lowest BCUT2D eigenvalue weighted by atomic mass is 10.1. The fraction of sp³-hybridized carbons (Fsp3) is 0.727. The molecule has 5 heteroatoms. The zero-order valence-electron chi connectivity index (χ0n) is 19.5. The highest BCUT2D eigenvalue weighted by Crippen LogP contribution is 2.39. The zero-order valence-corrected chi connectivity index (χ0v) is 21.5. The lowest BCUT2D eigenvalue weighted by Crippen LogP contribution is -2.45. The Morgan fingerprint density at radius 2 is 1.41 bits per heavy atom. The molecule has 0 spiro atoms. The van der Waals surface area contributed by atoms with Crippen LogP contribution in [0, 0.1) is 6.92 Å². The van der Waals surface area contributed by atoms with Crippen LogP contribution in [0.25, 0.3) is 0 Å². The molecule has 3 nitrogen and oxygen atoms in total. The Labute approximate surface area is 169 Å². The second-order valence-electron chi connectivity index (χ2n) is 10.9. The third kappa shape index (κ3) is 6.73. The van der Waals surface area contributed by atoms with Gasteiger partial charge in [-0.1, -0.05) is 47.6 Å². The lowest BCUT2D eigenvalue weighted by molar-refractivity contribution is 0.103. The minimum absolute atomic E-state index is 0.0406. The molecule has 0 aliphatic carbocycles. The molecule has 0 bridgehead atoms. The first-order valence-electron chi connectivity index (χ1n) is 10.1. The molecule has 1 aromatic carbocycles. The smallest absolute Gasteiger partial charge is 0.250 e. The molecular weight excluding hydrogens is 368 g/mol. The molecule has 0 saturated carbocycles. The van der Waals surface area contributed by atoms with E-state index < -0.39 is 16.6 Å². The Bertz CT molecular complexity index is 625. The summed E-state index contributed by atoms with van der Waals surface area (Å²) < 4.78 is 12.9. The Hall–Kier alpha value is -0.626. The Kier molecular flexibility index (Phi) is 7.59. The molecule has 0 aliphatic heterocycles. The van der Waals surface area contributed by atoms with E-state index in [9.17, 15) is 5.11 Å². The zero-order chi connectivity index (χ0) is 21.3. The Morgan fingerprint density at radius 3 is 1.85 bits per heavy atom. The second-order valence-corrected chi connectivity index (χ2v) is 20.4. The predicted molar refractivity (Wildman–Crippen MR) is 122 cm³/mol. The molecule has 0 aromatic heterocycles. The van der Waals surface area contributed by atoms with Crippen LogP contribution in [-0.4, -0.2) is 34.5 Å². The van der Waals surface area contributed by atoms with E-state index in [1.807, 2.05) is 0 Å². The molecule has 1 atom stereocenters. The molecule has 27 heavy (non-hydrogen) atoms. The normalized spacial score (nSPS) is 15.0. The summed E-state index contributed by atoms with van der Waals surface area (Å²) in [4.78, 5) is 0. The van der Waals surface area contributed by atoms with Gasteiger partial charge in [-0.3, -0.25) is 0 Å². The van der Waals surface area contributed by atoms with Gasteiger partial charge in [0.2, 0.25) is 8.32 Å². The molecule has 0 aliphatic rings. The third-order valence-corrected chi connectivity index (χ3v) is 15.1. The number of aryl methyl sites for hydroxylation is 1. The highest BCUT2D eigenvalue weighted by molar-refractivity contribution is 6.75. The summed E-state index contributed by atoms with van der Waals surface area (Å²) in [7, 11) is -3.79. The number of aliphatic hydroxyl groups is 1. The van der Waals surface area contributed by atoms with Crippen molar-refractivity contribution in [3.63, 3.8) is 0 Å². The summed E-state index contributed by atoms with van der Waals surface area (Å²) in [6.07, 6.45) is 0.534. The van der Waals surface area contributed by atoms with E-state index in [1.165, 1.54) is 11.1 Å². The van der Waals surface area contributed by atoms with Crippen molar-refractivity contribution >= 4 is 16.6 Å². The van der Waals surface area contributed by atoms with Crippen molar-refractivity contribution in [1.82, 2.24) is 0 Å². The Balaban J connectivity index is 3.02. The van der Waals surface area contributed by atoms with Gasteiger partial charge in [-0.15, -0.1) is 0 Å². The number of hydrogen-bond donors (Lipinski definition) is 1. The van der Waals surface area contributed by atoms with E-state index in [1.54, 1.807) is 0 Å². The average molecular weight is 411 g/mol. The largest absolute Gasteiger partial charge is 0.543 e. The summed E-state index contributed by atoms with van der Waals surface area (Å²) in [5.41, 5.74) is 2.35. The maximum Gasteiger partial charge on any atom is 0.250 e. The second kappa shape index (κ2) is 8.40. The van der Waals surface area contributed by atoms with E-state index in [4.69, 9.17) is 8.85 Å². The molecule has 1 aromatic rings. The number of benzene rings is 1. The van der Waals surface area contributed by atoms with Crippen molar-refractivity contribution in [2.75, 3.05) is 6.61 Å². The summed E-state index contributed by atoms with van der Waals surface area (Å²) in [5, 5.41) is 10.2. The van der Waals surface area contributed by atoms with Gasteiger partial charge in [-0.25, -0.2) is 0 Å². The van der Waals surface area contributed by atoms with Crippen LogP contribution in [-0.2, 0) is 10.8 Å². The highest BCUT2D eigenvalue weighted by atomic mass is 28.4. The molecule has 0 fully saturated rings. The predicted octanol–water partition coefficient (Wildman–Crippen LogP) is 6.30. The molecule has 1 rings (SSSR count). The van der Waals surface area contributed by atoms with Gasteiger partial charge in [0.15, 0.2) is 8.32 Å². The van der Waals surface area contributed by atoms with Crippen molar-refractivity contribution < 1.29 is 14.0 Å². The summed E-state index contributed by atoms with van der Waals surface area (Å²) >= 11 is 0. The van der Waals surface area contributed by atoms with Crippen LogP contribution in [0.5, 0.6) is 5.75 Å². The van der Waals surface area contributed by atoms with Gasteiger partial charge in [-0.05, 0) is 72.9 Å². The van der Waals surface area contributed by atoms with Gasteiger partial charge in [0.05, 0.1) is 12.7 Å². The van der Waals surface area contributed by atoms with E-state index in [0.717, 1.165) is 5.75 Å². The van der Waals surface area contributed by atoms with Crippen LogP contribution in [0.2, 0.25) is 36.3 Å². The van der Waals surface area contributed by atoms with Crippen LogP contribution in [0.3, 0.4) is 0 Å². The van der Waals surface area contributed by atoms with E-state index >= 15 is 0 Å². The van der Waals surface area contributed by atoms with Crippen LogP contribution in [0.4, 0.5) is 0 Å². The van der Waals surface area contributed by atoms with Gasteiger partial charge < -0.3 is 14.0 Å². The monoisotopic (exact) mass is 410 g/mol. The van der Waals surface area contributed by atoms with Gasteiger partial charge in [-0.2, -0.15) is 0 Å². The standard InChI is InChI=1S/C22H42O3Si2/c1-17-12-18(14-19(13-17)24-26(8,9)21(2,3)4)15-20(16-23)25-27(10,11)22(5,6)7/h12-14,20,23H,15-16H2,1-11H3/t20-/m1/s1. The van der Waals surface area contributed by atoms with E-state index in [-0.39, 0.29) is 22.8 Å². The number of aliphatic hydroxyl groups excluding tert-OH is 1. The first-order valence-corrected chi connectivity index (χ1v) is 15.9. The number of rotatable bonds is 7. The molecule has 0 saturated heterocycles. The van der Waals surface area contributed by atoms with Crippen LogP contribution in [0.15, 0.2) is 18.2 Å². The summed E-state index contributed by atoms with van der Waals surface area (Å²) in [6, 6.07) is 6.42. The van der Waals surface area contributed by atoms with Gasteiger partial charge >= 0.3 is 0 Å². The van der Waals surface area contributed by atoms with Crippen LogP contribution < -0.4 is 4.43 Å². The first-order chi connectivity index (χ1) is 12.0. The quantitative estimate of drug-likeness (QED) is 0.536. The summed E-state index contributed by atoms with van der Waals surface area (Å²) in [5.74, 6) is 0.945. The molecule has 0 amide bonds. The molecular formula is C22H42O3Si2. The minimum Gasteiger partial charge on any atom is -0.543 e. The van der Waals surface area contributed by atoms with Crippen molar-refractivity contribution in [2.24, 2.45) is 0 Å². The lowest BCUT2D eigenvalue weighted by Gasteiger charge is -2.39. The van der Waals surface area contributed by atoms with Crippen molar-refractivity contribution in [3.8, 4) is 5.75 Å². The molecule has 156 valence electrons. The minimum atomic E-state index is -1.92.